The number of ether oxygens (including phenoxy) is 2. The van der Waals surface area contributed by atoms with Crippen LogP contribution in [0.25, 0.3) is 0 Å². The molecule has 0 heterocycles. The van der Waals surface area contributed by atoms with Crippen LogP contribution in [0.3, 0.4) is 0 Å². The second-order valence-corrected chi connectivity index (χ2v) is 7.71. The van der Waals surface area contributed by atoms with Crippen molar-refractivity contribution in [1.82, 2.24) is 0 Å². The van der Waals surface area contributed by atoms with Crippen LogP contribution in [0.4, 0.5) is 0 Å². The van der Waals surface area contributed by atoms with Gasteiger partial charge in [-0.15, -0.1) is 0 Å². The van der Waals surface area contributed by atoms with E-state index in [1.54, 1.807) is 0 Å². The SMILES string of the molecule is O=C(O)[C@H]1CCCC[C@@H]1C(=O)OCCCCOC(=O)[C@H]1CCCC[C@H]1C(=O)O. The van der Waals surface area contributed by atoms with E-state index in [1.165, 1.54) is 0 Å². The number of carbonyl (C=O) groups excluding carboxylic acids is 2. The molecule has 8 heteroatoms. The summed E-state index contributed by atoms with van der Waals surface area (Å²) in [5, 5.41) is 18.4. The Morgan fingerprint density at radius 2 is 0.929 bits per heavy atom. The minimum atomic E-state index is -0.948. The molecule has 0 aromatic heterocycles. The molecular weight excluding hydrogens is 368 g/mol. The summed E-state index contributed by atoms with van der Waals surface area (Å²) in [7, 11) is 0. The number of carbonyl (C=O) groups is 4. The topological polar surface area (TPSA) is 127 Å². The Hall–Kier alpha value is -2.12. The molecule has 0 radical (unpaired) electrons. The summed E-state index contributed by atoms with van der Waals surface area (Å²) >= 11 is 0. The zero-order valence-electron chi connectivity index (χ0n) is 16.1. The van der Waals surface area contributed by atoms with E-state index in [0.717, 1.165) is 25.7 Å². The Morgan fingerprint density at radius 1 is 0.607 bits per heavy atom. The molecule has 2 rings (SSSR count). The summed E-state index contributed by atoms with van der Waals surface area (Å²) in [5.41, 5.74) is 0. The molecule has 2 saturated carbocycles. The molecule has 0 spiro atoms. The van der Waals surface area contributed by atoms with Crippen molar-refractivity contribution in [3.63, 3.8) is 0 Å². The molecule has 4 atom stereocenters. The maximum atomic E-state index is 12.1. The third-order valence-corrected chi connectivity index (χ3v) is 5.80. The number of carboxylic acids is 2. The van der Waals surface area contributed by atoms with E-state index in [0.29, 0.717) is 38.5 Å². The van der Waals surface area contributed by atoms with Gasteiger partial charge in [-0.3, -0.25) is 19.2 Å². The summed E-state index contributed by atoms with van der Waals surface area (Å²) in [5.74, 6) is -5.32. The van der Waals surface area contributed by atoms with Gasteiger partial charge in [-0.2, -0.15) is 0 Å². The second kappa shape index (κ2) is 11.0. The van der Waals surface area contributed by atoms with Crippen LogP contribution in [0.1, 0.15) is 64.2 Å². The minimum absolute atomic E-state index is 0.153. The first-order chi connectivity index (χ1) is 13.4. The maximum Gasteiger partial charge on any atom is 0.309 e. The molecule has 158 valence electrons. The van der Waals surface area contributed by atoms with Crippen molar-refractivity contribution in [2.75, 3.05) is 13.2 Å². The molecular formula is C20H30O8. The largest absolute Gasteiger partial charge is 0.481 e. The predicted molar refractivity (Wildman–Crippen MR) is 97.3 cm³/mol. The molecule has 0 bridgehead atoms. The van der Waals surface area contributed by atoms with Gasteiger partial charge in [-0.1, -0.05) is 25.7 Å². The molecule has 0 unspecified atom stereocenters. The first kappa shape index (κ1) is 22.2. The number of carboxylic acid groups (broad SMARTS) is 2. The lowest BCUT2D eigenvalue weighted by molar-refractivity contribution is -0.160. The molecule has 0 saturated heterocycles. The molecule has 0 amide bonds. The molecule has 2 fully saturated rings. The highest BCUT2D eigenvalue weighted by Crippen LogP contribution is 2.32. The van der Waals surface area contributed by atoms with Crippen molar-refractivity contribution in [1.29, 1.82) is 0 Å². The summed E-state index contributed by atoms with van der Waals surface area (Å²) in [6.07, 6.45) is 6.38. The van der Waals surface area contributed by atoms with Gasteiger partial charge in [-0.25, -0.2) is 0 Å². The fourth-order valence-corrected chi connectivity index (χ4v) is 4.18. The van der Waals surface area contributed by atoms with Gasteiger partial charge < -0.3 is 19.7 Å². The van der Waals surface area contributed by atoms with Crippen molar-refractivity contribution in [2.45, 2.75) is 64.2 Å². The highest BCUT2D eigenvalue weighted by atomic mass is 16.5. The van der Waals surface area contributed by atoms with Crippen LogP contribution in [-0.4, -0.2) is 47.3 Å². The average Bonchev–Trinajstić information content (AvgIpc) is 2.70. The fourth-order valence-electron chi connectivity index (χ4n) is 4.18. The van der Waals surface area contributed by atoms with E-state index < -0.39 is 47.5 Å². The van der Waals surface area contributed by atoms with E-state index >= 15 is 0 Å². The lowest BCUT2D eigenvalue weighted by Crippen LogP contribution is -2.34. The van der Waals surface area contributed by atoms with E-state index in [4.69, 9.17) is 9.47 Å². The van der Waals surface area contributed by atoms with Gasteiger partial charge in [-0.05, 0) is 38.5 Å². The lowest BCUT2D eigenvalue weighted by atomic mass is 9.79. The highest BCUT2D eigenvalue weighted by Gasteiger charge is 2.37. The monoisotopic (exact) mass is 398 g/mol. The first-order valence-corrected chi connectivity index (χ1v) is 10.2. The number of esters is 2. The maximum absolute atomic E-state index is 12.1. The quantitative estimate of drug-likeness (QED) is 0.448. The molecule has 8 nitrogen and oxygen atoms in total. The van der Waals surface area contributed by atoms with Gasteiger partial charge in [0.05, 0.1) is 36.9 Å². The third kappa shape index (κ3) is 6.21. The van der Waals surface area contributed by atoms with E-state index in [2.05, 4.69) is 0 Å². The van der Waals surface area contributed by atoms with Gasteiger partial charge in [0.15, 0.2) is 0 Å². The van der Waals surface area contributed by atoms with Crippen LogP contribution in [0.5, 0.6) is 0 Å². The number of aliphatic carboxylic acids is 2. The Kier molecular flexibility index (Phi) is 8.73. The zero-order chi connectivity index (χ0) is 20.5. The molecule has 0 aromatic rings. The predicted octanol–water partition coefficient (Wildman–Crippen LogP) is 2.63. The van der Waals surface area contributed by atoms with Crippen molar-refractivity contribution in [3.8, 4) is 0 Å². The molecule has 0 aromatic carbocycles. The Morgan fingerprint density at radius 3 is 1.25 bits per heavy atom. The zero-order valence-corrected chi connectivity index (χ0v) is 16.1. The van der Waals surface area contributed by atoms with Crippen LogP contribution in [0.2, 0.25) is 0 Å². The van der Waals surface area contributed by atoms with Gasteiger partial charge in [0.1, 0.15) is 0 Å². The summed E-state index contributed by atoms with van der Waals surface area (Å²) in [6, 6.07) is 0. The Bertz CT molecular complexity index is 523. The summed E-state index contributed by atoms with van der Waals surface area (Å²) < 4.78 is 10.4. The van der Waals surface area contributed by atoms with Gasteiger partial charge >= 0.3 is 23.9 Å². The number of hydrogen-bond donors (Lipinski definition) is 2. The summed E-state index contributed by atoms with van der Waals surface area (Å²) in [4.78, 5) is 46.8. The Labute approximate surface area is 164 Å². The van der Waals surface area contributed by atoms with Crippen LogP contribution in [0, 0.1) is 23.7 Å². The van der Waals surface area contributed by atoms with Crippen LogP contribution in [0.15, 0.2) is 0 Å². The number of hydrogen-bond acceptors (Lipinski definition) is 6. The van der Waals surface area contributed by atoms with E-state index in [1.807, 2.05) is 0 Å². The van der Waals surface area contributed by atoms with Gasteiger partial charge in [0.25, 0.3) is 0 Å². The molecule has 2 aliphatic carbocycles. The van der Waals surface area contributed by atoms with Crippen molar-refractivity contribution < 1.29 is 38.9 Å². The van der Waals surface area contributed by atoms with Gasteiger partial charge in [0, 0.05) is 0 Å². The third-order valence-electron chi connectivity index (χ3n) is 5.80. The summed E-state index contributed by atoms with van der Waals surface area (Å²) in [6.45, 7) is 0.306. The minimum Gasteiger partial charge on any atom is -0.481 e. The molecule has 0 aliphatic heterocycles. The highest BCUT2D eigenvalue weighted by molar-refractivity contribution is 5.82. The van der Waals surface area contributed by atoms with Crippen LogP contribution >= 0.6 is 0 Å². The van der Waals surface area contributed by atoms with Crippen molar-refractivity contribution in [3.05, 3.63) is 0 Å². The van der Waals surface area contributed by atoms with Crippen LogP contribution in [-0.2, 0) is 28.7 Å². The van der Waals surface area contributed by atoms with Crippen LogP contribution < -0.4 is 0 Å². The second-order valence-electron chi connectivity index (χ2n) is 7.71. The number of rotatable bonds is 9. The molecule has 2 N–H and O–H groups in total. The molecule has 2 aliphatic rings. The van der Waals surface area contributed by atoms with E-state index in [9.17, 15) is 29.4 Å². The first-order valence-electron chi connectivity index (χ1n) is 10.2. The lowest BCUT2D eigenvalue weighted by Gasteiger charge is -2.27. The van der Waals surface area contributed by atoms with Crippen molar-refractivity contribution in [2.24, 2.45) is 23.7 Å². The normalized spacial score (nSPS) is 27.6. The van der Waals surface area contributed by atoms with E-state index in [-0.39, 0.29) is 13.2 Å². The number of unbranched alkanes of at least 4 members (excludes halogenated alkanes) is 1. The van der Waals surface area contributed by atoms with Crippen molar-refractivity contribution >= 4 is 23.9 Å². The molecule has 28 heavy (non-hydrogen) atoms. The smallest absolute Gasteiger partial charge is 0.309 e. The fraction of sp³-hybridized carbons (Fsp3) is 0.800. The average molecular weight is 398 g/mol. The Balaban J connectivity index is 1.63. The standard InChI is InChI=1S/C20H30O8/c21-17(22)13-7-1-3-9-15(13)19(25)27-11-5-6-12-28-20(26)16-10-4-2-8-14(16)18(23)24/h13-16H,1-12H2,(H,21,22)(H,23,24)/t13-,14+,15-,16-/m0/s1. The van der Waals surface area contributed by atoms with Gasteiger partial charge in [0.2, 0.25) is 0 Å².